The quantitative estimate of drug-likeness (QED) is 0.0320. The van der Waals surface area contributed by atoms with Crippen LogP contribution in [-0.2, 0) is 14.3 Å². The van der Waals surface area contributed by atoms with Gasteiger partial charge in [0.2, 0.25) is 5.91 Å². The first kappa shape index (κ1) is 74.3. The number of amides is 1. The van der Waals surface area contributed by atoms with Gasteiger partial charge in [-0.3, -0.25) is 9.59 Å². The number of aliphatic hydroxyl groups is 2. The maximum Gasteiger partial charge on any atom is 0.305 e. The van der Waals surface area contributed by atoms with E-state index < -0.39 is 12.1 Å². The van der Waals surface area contributed by atoms with Gasteiger partial charge in [-0.1, -0.05) is 340 Å². The Morgan fingerprint density at radius 2 is 0.618 bits per heavy atom. The molecule has 2 unspecified atom stereocenters. The molecule has 0 heterocycles. The van der Waals surface area contributed by atoms with Crippen molar-refractivity contribution in [2.24, 2.45) is 0 Å². The second-order valence-electron chi connectivity index (χ2n) is 23.9. The first-order chi connectivity index (χ1) is 37.5. The molecule has 1 amide bonds. The van der Waals surface area contributed by atoms with E-state index in [-0.39, 0.29) is 18.5 Å². The lowest BCUT2D eigenvalue weighted by Gasteiger charge is -2.20. The molecule has 0 saturated carbocycles. The molecule has 3 N–H and O–H groups in total. The molecule has 76 heavy (non-hydrogen) atoms. The molecule has 0 fully saturated rings. The third-order valence-electron chi connectivity index (χ3n) is 16.2. The number of unbranched alkanes of at least 4 members (excludes halogenated alkanes) is 52. The molecule has 0 spiro atoms. The minimum absolute atomic E-state index is 0.0212. The van der Waals surface area contributed by atoms with Gasteiger partial charge in [0, 0.05) is 12.8 Å². The minimum atomic E-state index is -0.841. The van der Waals surface area contributed by atoms with E-state index in [1.165, 1.54) is 321 Å². The van der Waals surface area contributed by atoms with E-state index in [1.54, 1.807) is 6.08 Å². The van der Waals surface area contributed by atoms with Crippen molar-refractivity contribution in [2.75, 3.05) is 13.2 Å². The highest BCUT2D eigenvalue weighted by molar-refractivity contribution is 5.76. The number of rotatable bonds is 65. The first-order valence-electron chi connectivity index (χ1n) is 34.6. The highest BCUT2D eigenvalue weighted by Crippen LogP contribution is 2.18. The van der Waals surface area contributed by atoms with Crippen LogP contribution in [0.2, 0.25) is 0 Å². The molecule has 2 atom stereocenters. The van der Waals surface area contributed by atoms with Crippen LogP contribution in [-0.4, -0.2) is 47.4 Å². The standard InChI is InChI=1S/C70H135NO5/c1-3-5-7-9-11-13-15-17-40-44-48-52-56-60-64-70(75)76-65-61-57-53-49-45-41-38-36-34-32-30-28-26-24-22-20-18-19-21-23-25-27-29-31-33-35-37-39-43-47-51-55-59-63-69(74)71-67(66-72)68(73)62-58-54-50-46-42-16-14-12-10-8-6-4-2/h22,24,58,62,67-68,72-73H,3-21,23,25-57,59-61,63-66H2,1-2H3,(H,71,74)/b24-22-,62-58+. The summed E-state index contributed by atoms with van der Waals surface area (Å²) in [6, 6.07) is -0.624. The van der Waals surface area contributed by atoms with Crippen molar-refractivity contribution >= 4 is 11.9 Å². The fourth-order valence-electron chi connectivity index (χ4n) is 10.9. The van der Waals surface area contributed by atoms with Crippen LogP contribution in [0, 0.1) is 0 Å². The predicted octanol–water partition coefficient (Wildman–Crippen LogP) is 22.1. The summed E-state index contributed by atoms with van der Waals surface area (Å²) < 4.78 is 5.49. The van der Waals surface area contributed by atoms with Crippen molar-refractivity contribution in [1.29, 1.82) is 0 Å². The van der Waals surface area contributed by atoms with E-state index in [9.17, 15) is 19.8 Å². The highest BCUT2D eigenvalue weighted by atomic mass is 16.5. The highest BCUT2D eigenvalue weighted by Gasteiger charge is 2.18. The van der Waals surface area contributed by atoms with E-state index in [0.717, 1.165) is 38.5 Å². The number of esters is 1. The van der Waals surface area contributed by atoms with Gasteiger partial charge in [-0.25, -0.2) is 0 Å². The van der Waals surface area contributed by atoms with Gasteiger partial charge in [0.05, 0.1) is 25.4 Å². The Labute approximate surface area is 475 Å². The van der Waals surface area contributed by atoms with Gasteiger partial charge in [-0.05, 0) is 57.8 Å². The van der Waals surface area contributed by atoms with Gasteiger partial charge in [-0.2, -0.15) is 0 Å². The number of carbonyl (C=O) groups excluding carboxylic acids is 2. The predicted molar refractivity (Wildman–Crippen MR) is 333 cm³/mol. The molecule has 0 aliphatic carbocycles. The molecule has 0 aromatic rings. The van der Waals surface area contributed by atoms with E-state index in [0.29, 0.717) is 19.4 Å². The van der Waals surface area contributed by atoms with Crippen LogP contribution < -0.4 is 5.32 Å². The van der Waals surface area contributed by atoms with E-state index in [1.807, 2.05) is 6.08 Å². The fraction of sp³-hybridized carbons (Fsp3) is 0.914. The SMILES string of the molecule is CCCCCCCCCCCC/C=C/C(O)C(CO)NC(=O)CCCCCCCCCCCCCCCCCCC/C=C\CCCCCCCCCCCCCCOC(=O)CCCCCCCCCCCCCCCC. The van der Waals surface area contributed by atoms with Crippen LogP contribution in [0.5, 0.6) is 0 Å². The number of hydrogen-bond acceptors (Lipinski definition) is 5. The summed E-state index contributed by atoms with van der Waals surface area (Å²) in [5.74, 6) is -0.0427. The lowest BCUT2D eigenvalue weighted by molar-refractivity contribution is -0.143. The second-order valence-corrected chi connectivity index (χ2v) is 23.9. The topological polar surface area (TPSA) is 95.9 Å². The Kier molecular flexibility index (Phi) is 64.4. The van der Waals surface area contributed by atoms with E-state index in [2.05, 4.69) is 31.3 Å². The van der Waals surface area contributed by atoms with Crippen LogP contribution >= 0.6 is 0 Å². The van der Waals surface area contributed by atoms with Gasteiger partial charge in [0.25, 0.3) is 0 Å². The number of carbonyl (C=O) groups is 2. The van der Waals surface area contributed by atoms with Crippen molar-refractivity contribution in [3.63, 3.8) is 0 Å². The second kappa shape index (κ2) is 65.9. The number of aliphatic hydroxyl groups excluding tert-OH is 2. The average Bonchev–Trinajstić information content (AvgIpc) is 3.42. The van der Waals surface area contributed by atoms with Crippen molar-refractivity contribution in [1.82, 2.24) is 5.32 Å². The summed E-state index contributed by atoms with van der Waals surface area (Å²) in [5.41, 5.74) is 0. The van der Waals surface area contributed by atoms with Crippen molar-refractivity contribution < 1.29 is 24.5 Å². The molecule has 450 valence electrons. The Morgan fingerprint density at radius 1 is 0.355 bits per heavy atom. The minimum Gasteiger partial charge on any atom is -0.466 e. The number of hydrogen-bond donors (Lipinski definition) is 3. The monoisotopic (exact) mass is 1070 g/mol. The molecule has 0 aliphatic rings. The zero-order valence-electron chi connectivity index (χ0n) is 51.5. The van der Waals surface area contributed by atoms with Crippen LogP contribution in [0.3, 0.4) is 0 Å². The van der Waals surface area contributed by atoms with Crippen LogP contribution in [0.4, 0.5) is 0 Å². The lowest BCUT2D eigenvalue weighted by atomic mass is 10.0. The summed E-state index contributed by atoms with van der Waals surface area (Å²) in [5, 5.41) is 23.1. The Bertz CT molecular complexity index is 1190. The van der Waals surface area contributed by atoms with E-state index in [4.69, 9.17) is 4.74 Å². The normalized spacial score (nSPS) is 12.6. The zero-order chi connectivity index (χ0) is 55.0. The van der Waals surface area contributed by atoms with Gasteiger partial charge in [0.1, 0.15) is 0 Å². The maximum atomic E-state index is 12.4. The molecule has 0 bridgehead atoms. The molecule has 6 nitrogen and oxygen atoms in total. The van der Waals surface area contributed by atoms with Crippen LogP contribution in [0.1, 0.15) is 386 Å². The molecule has 0 rings (SSSR count). The smallest absolute Gasteiger partial charge is 0.305 e. The molecule has 0 aliphatic heterocycles. The summed E-state index contributed by atoms with van der Waals surface area (Å²) in [6.45, 7) is 4.93. The number of ether oxygens (including phenoxy) is 1. The Morgan fingerprint density at radius 3 is 0.934 bits per heavy atom. The Hall–Kier alpha value is -1.66. The van der Waals surface area contributed by atoms with Gasteiger partial charge < -0.3 is 20.3 Å². The van der Waals surface area contributed by atoms with E-state index >= 15 is 0 Å². The summed E-state index contributed by atoms with van der Waals surface area (Å²) in [4.78, 5) is 24.5. The third-order valence-corrected chi connectivity index (χ3v) is 16.2. The van der Waals surface area contributed by atoms with Gasteiger partial charge >= 0.3 is 5.97 Å². The fourth-order valence-corrected chi connectivity index (χ4v) is 10.9. The zero-order valence-corrected chi connectivity index (χ0v) is 51.5. The third kappa shape index (κ3) is 61.6. The van der Waals surface area contributed by atoms with Gasteiger partial charge in [-0.15, -0.1) is 0 Å². The van der Waals surface area contributed by atoms with Crippen molar-refractivity contribution in [3.8, 4) is 0 Å². The molecule has 0 radical (unpaired) electrons. The maximum absolute atomic E-state index is 12.4. The first-order valence-corrected chi connectivity index (χ1v) is 34.6. The van der Waals surface area contributed by atoms with Crippen molar-refractivity contribution in [3.05, 3.63) is 24.3 Å². The summed E-state index contributed by atoms with van der Waals surface area (Å²) in [7, 11) is 0. The average molecular weight is 1070 g/mol. The number of nitrogens with one attached hydrogen (secondary N) is 1. The molecule has 0 aromatic carbocycles. The number of allylic oxidation sites excluding steroid dienone is 3. The van der Waals surface area contributed by atoms with Crippen molar-refractivity contribution in [2.45, 2.75) is 398 Å². The van der Waals surface area contributed by atoms with Crippen LogP contribution in [0.15, 0.2) is 24.3 Å². The largest absolute Gasteiger partial charge is 0.466 e. The Balaban J connectivity index is 3.34. The van der Waals surface area contributed by atoms with Gasteiger partial charge in [0.15, 0.2) is 0 Å². The summed E-state index contributed by atoms with van der Waals surface area (Å²) >= 11 is 0. The summed E-state index contributed by atoms with van der Waals surface area (Å²) in [6.07, 6.45) is 82.7. The molecular formula is C70H135NO5. The molecule has 0 saturated heterocycles. The molecule has 0 aromatic heterocycles. The molecule has 6 heteroatoms. The molecular weight excluding hydrogens is 935 g/mol. The lowest BCUT2D eigenvalue weighted by Crippen LogP contribution is -2.45. The van der Waals surface area contributed by atoms with Crippen LogP contribution in [0.25, 0.3) is 0 Å².